The number of hydrogen-bond acceptors (Lipinski definition) is 8. The predicted octanol–water partition coefficient (Wildman–Crippen LogP) is 4.10. The molecule has 1 aliphatic carbocycles. The number of nitrogens with zero attached hydrogens (tertiary/aromatic N) is 3. The average Bonchev–Trinajstić information content (AvgIpc) is 3.73. The molecular formula is C29H28FN3O7. The number of aromatic carboxylic acids is 1. The van der Waals surface area contributed by atoms with Crippen LogP contribution in [0, 0.1) is 12.7 Å². The molecule has 4 aromatic rings. The number of aromatic nitrogens is 1. The van der Waals surface area contributed by atoms with E-state index in [0.717, 1.165) is 24.5 Å². The zero-order valence-corrected chi connectivity index (χ0v) is 22.1. The van der Waals surface area contributed by atoms with Gasteiger partial charge in [-0.2, -0.15) is 0 Å². The van der Waals surface area contributed by atoms with Crippen LogP contribution in [-0.4, -0.2) is 47.3 Å². The molecule has 2 aromatic heterocycles. The van der Waals surface area contributed by atoms with Crippen LogP contribution in [0.25, 0.3) is 10.9 Å². The molecule has 11 heteroatoms. The molecule has 1 saturated heterocycles. The summed E-state index contributed by atoms with van der Waals surface area (Å²) in [5.41, 5.74) is 0.779. The zero-order chi connectivity index (χ0) is 28.1. The van der Waals surface area contributed by atoms with E-state index in [1.165, 1.54) is 6.20 Å². The van der Waals surface area contributed by atoms with Gasteiger partial charge in [0.2, 0.25) is 5.43 Å². The van der Waals surface area contributed by atoms with Crippen LogP contribution in [0.2, 0.25) is 0 Å². The number of benzene rings is 2. The third-order valence-corrected chi connectivity index (χ3v) is 7.79. The van der Waals surface area contributed by atoms with Gasteiger partial charge in [-0.3, -0.25) is 9.69 Å². The van der Waals surface area contributed by atoms with Crippen molar-refractivity contribution >= 4 is 22.6 Å². The quantitative estimate of drug-likeness (QED) is 0.363. The van der Waals surface area contributed by atoms with Gasteiger partial charge in [-0.1, -0.05) is 12.1 Å². The van der Waals surface area contributed by atoms with Gasteiger partial charge in [-0.25, -0.2) is 14.0 Å². The maximum absolute atomic E-state index is 15.7. The number of carboxylic acids is 1. The van der Waals surface area contributed by atoms with E-state index >= 15 is 4.39 Å². The number of piperazine rings is 1. The van der Waals surface area contributed by atoms with Gasteiger partial charge in [0.05, 0.1) is 30.9 Å². The van der Waals surface area contributed by atoms with Crippen LogP contribution < -0.4 is 20.9 Å². The van der Waals surface area contributed by atoms with E-state index in [4.69, 9.17) is 13.6 Å². The lowest BCUT2D eigenvalue weighted by Crippen LogP contribution is -2.48. The lowest BCUT2D eigenvalue weighted by atomic mass is 10.0. The molecule has 2 aliphatic rings. The Balaban J connectivity index is 1.39. The molecule has 1 aliphatic heterocycles. The second kappa shape index (κ2) is 9.98. The number of hydrogen-bond donors (Lipinski definition) is 1. The van der Waals surface area contributed by atoms with E-state index in [1.807, 2.05) is 29.2 Å². The molecule has 3 heterocycles. The van der Waals surface area contributed by atoms with E-state index in [2.05, 4.69) is 4.90 Å². The van der Waals surface area contributed by atoms with Gasteiger partial charge in [0.15, 0.2) is 5.76 Å². The summed E-state index contributed by atoms with van der Waals surface area (Å²) in [4.78, 5) is 40.3. The van der Waals surface area contributed by atoms with Gasteiger partial charge < -0.3 is 28.1 Å². The van der Waals surface area contributed by atoms with Crippen molar-refractivity contribution in [3.8, 4) is 5.75 Å². The lowest BCUT2D eigenvalue weighted by Gasteiger charge is -2.42. The Morgan fingerprint density at radius 2 is 1.88 bits per heavy atom. The van der Waals surface area contributed by atoms with E-state index in [1.54, 1.807) is 24.7 Å². The molecular weight excluding hydrogens is 521 g/mol. The van der Waals surface area contributed by atoms with Crippen LogP contribution in [0.1, 0.15) is 52.4 Å². The van der Waals surface area contributed by atoms with Crippen molar-refractivity contribution in [3.05, 3.63) is 91.9 Å². The highest BCUT2D eigenvalue weighted by atomic mass is 19.1. The number of ether oxygens (including phenoxy) is 1. The van der Waals surface area contributed by atoms with Crippen LogP contribution in [0.3, 0.4) is 0 Å². The first-order valence-electron chi connectivity index (χ1n) is 13.1. The maximum atomic E-state index is 15.7. The highest BCUT2D eigenvalue weighted by Gasteiger charge is 2.33. The summed E-state index contributed by atoms with van der Waals surface area (Å²) < 4.78 is 33.1. The number of fused-ring (bicyclic) bond motifs is 1. The van der Waals surface area contributed by atoms with Crippen molar-refractivity contribution in [1.29, 1.82) is 0 Å². The van der Waals surface area contributed by atoms with Crippen LogP contribution in [-0.2, 0) is 6.54 Å². The minimum Gasteiger partial charge on any atom is -0.497 e. The molecule has 1 N–H and O–H groups in total. The standard InChI is InChI=1S/C29H28FN3O7/c1-16-26(40-29(37)39-16)15-32-10-9-31(14-25(32)17-3-7-19(38-2)8-4-17)24-12-23-20(11-22(24)30)27(34)21(28(35)36)13-33(23)18-5-6-18/h3-4,7-8,11-13,18,25H,5-6,9-10,14-15H2,1-2H3,(H,35,36). The Kier molecular flexibility index (Phi) is 6.46. The second-order valence-electron chi connectivity index (χ2n) is 10.3. The number of methoxy groups -OCH3 is 1. The summed E-state index contributed by atoms with van der Waals surface area (Å²) in [5, 5.41) is 9.60. The zero-order valence-electron chi connectivity index (χ0n) is 22.1. The van der Waals surface area contributed by atoms with Crippen molar-refractivity contribution in [3.63, 3.8) is 0 Å². The number of aryl methyl sites for hydroxylation is 1. The van der Waals surface area contributed by atoms with Gasteiger partial charge in [0.1, 0.15) is 22.9 Å². The maximum Gasteiger partial charge on any atom is 0.519 e. The normalized spacial score (nSPS) is 17.9. The molecule has 1 atom stereocenters. The summed E-state index contributed by atoms with van der Waals surface area (Å²) in [6, 6.07) is 10.3. The SMILES string of the molecule is COc1ccc(C2CN(c3cc4c(cc3F)c(=O)c(C(=O)O)cn4C3CC3)CCN2Cc2oc(=O)oc2C)cc1. The topological polar surface area (TPSA) is 118 Å². The summed E-state index contributed by atoms with van der Waals surface area (Å²) >= 11 is 0. The molecule has 2 aromatic carbocycles. The van der Waals surface area contributed by atoms with E-state index < -0.39 is 23.0 Å². The summed E-state index contributed by atoms with van der Waals surface area (Å²) in [6.45, 7) is 3.42. The average molecular weight is 550 g/mol. The smallest absolute Gasteiger partial charge is 0.497 e. The first-order valence-corrected chi connectivity index (χ1v) is 13.1. The molecule has 0 bridgehead atoms. The van der Waals surface area contributed by atoms with Crippen molar-refractivity contribution < 1.29 is 27.9 Å². The third kappa shape index (κ3) is 4.66. The van der Waals surface area contributed by atoms with Crippen LogP contribution in [0.15, 0.2) is 61.0 Å². The van der Waals surface area contributed by atoms with Crippen LogP contribution in [0.4, 0.5) is 10.1 Å². The summed E-state index contributed by atoms with van der Waals surface area (Å²) in [5.74, 6) is -1.10. The first kappa shape index (κ1) is 25.9. The number of anilines is 1. The Morgan fingerprint density at radius 3 is 2.50 bits per heavy atom. The molecule has 1 saturated carbocycles. The summed E-state index contributed by atoms with van der Waals surface area (Å²) in [6.07, 6.45) is 3.11. The second-order valence-corrected chi connectivity index (χ2v) is 10.3. The van der Waals surface area contributed by atoms with Gasteiger partial charge in [0.25, 0.3) is 0 Å². The van der Waals surface area contributed by atoms with Crippen molar-refractivity contribution in [2.45, 2.75) is 38.4 Å². The molecule has 0 radical (unpaired) electrons. The van der Waals surface area contributed by atoms with Crippen LogP contribution in [0.5, 0.6) is 5.75 Å². The molecule has 0 amide bonds. The molecule has 40 heavy (non-hydrogen) atoms. The van der Waals surface area contributed by atoms with Crippen molar-refractivity contribution in [2.24, 2.45) is 0 Å². The summed E-state index contributed by atoms with van der Waals surface area (Å²) in [7, 11) is 1.59. The fraction of sp³-hybridized carbons (Fsp3) is 0.345. The van der Waals surface area contributed by atoms with Crippen molar-refractivity contribution in [2.75, 3.05) is 31.6 Å². The fourth-order valence-corrected chi connectivity index (χ4v) is 5.48. The number of carboxylic acid groups (broad SMARTS) is 1. The van der Waals surface area contributed by atoms with Gasteiger partial charge in [-0.15, -0.1) is 0 Å². The highest BCUT2D eigenvalue weighted by molar-refractivity contribution is 5.93. The number of carbonyl (C=O) groups is 1. The molecule has 1 unspecified atom stereocenters. The predicted molar refractivity (Wildman–Crippen MR) is 144 cm³/mol. The first-order chi connectivity index (χ1) is 19.2. The third-order valence-electron chi connectivity index (χ3n) is 7.79. The van der Waals surface area contributed by atoms with Crippen molar-refractivity contribution in [1.82, 2.24) is 9.47 Å². The van der Waals surface area contributed by atoms with Gasteiger partial charge in [0, 0.05) is 37.3 Å². The number of halogens is 1. The monoisotopic (exact) mass is 549 g/mol. The minimum absolute atomic E-state index is 0.0591. The largest absolute Gasteiger partial charge is 0.519 e. The Hall–Kier alpha value is -4.38. The molecule has 6 rings (SSSR count). The molecule has 208 valence electrons. The number of pyridine rings is 1. The highest BCUT2D eigenvalue weighted by Crippen LogP contribution is 2.39. The van der Waals surface area contributed by atoms with E-state index in [9.17, 15) is 19.5 Å². The van der Waals surface area contributed by atoms with Crippen LogP contribution >= 0.6 is 0 Å². The fourth-order valence-electron chi connectivity index (χ4n) is 5.48. The molecule has 0 spiro atoms. The lowest BCUT2D eigenvalue weighted by molar-refractivity contribution is 0.0694. The minimum atomic E-state index is -1.33. The number of rotatable bonds is 7. The Morgan fingerprint density at radius 1 is 1.12 bits per heavy atom. The van der Waals surface area contributed by atoms with Gasteiger partial charge in [-0.05, 0) is 49.6 Å². The molecule has 10 nitrogen and oxygen atoms in total. The Bertz CT molecular complexity index is 1720. The molecule has 2 fully saturated rings. The Labute approximate surface area is 227 Å². The van der Waals surface area contributed by atoms with E-state index in [-0.39, 0.29) is 23.0 Å². The van der Waals surface area contributed by atoms with Gasteiger partial charge >= 0.3 is 11.8 Å². The van der Waals surface area contributed by atoms with E-state index in [0.29, 0.717) is 54.7 Å².